The van der Waals surface area contributed by atoms with Gasteiger partial charge in [-0.3, -0.25) is 9.59 Å². The van der Waals surface area contributed by atoms with Gasteiger partial charge in [0.05, 0.1) is 23.9 Å². The van der Waals surface area contributed by atoms with Gasteiger partial charge in [-0.2, -0.15) is 0 Å². The zero-order valence-electron chi connectivity index (χ0n) is 14.0. The molecule has 0 unspecified atom stereocenters. The average Bonchev–Trinajstić information content (AvgIpc) is 3.25. The number of thiazole rings is 1. The molecule has 0 bridgehead atoms. The third-order valence-electron chi connectivity index (χ3n) is 3.66. The van der Waals surface area contributed by atoms with Crippen LogP contribution in [0.2, 0.25) is 5.02 Å². The standard InChI is InChI=1S/C18H17ClN4O2S/c1-11(24)21-15(12-4-6-13(19)7-5-12)9-17(25)23-18-22-16(10-26-18)14-3-2-8-20-14/h2-8,10,15,20H,9H2,1H3,(H,21,24)(H,22,23,25)/t15-/m1/s1. The molecule has 0 aliphatic carbocycles. The lowest BCUT2D eigenvalue weighted by Gasteiger charge is -2.17. The number of halogens is 1. The second-order valence-electron chi connectivity index (χ2n) is 5.68. The maximum Gasteiger partial charge on any atom is 0.228 e. The van der Waals surface area contributed by atoms with Gasteiger partial charge in [0.15, 0.2) is 5.13 Å². The first-order valence-corrected chi connectivity index (χ1v) is 9.19. The first kappa shape index (κ1) is 18.2. The second-order valence-corrected chi connectivity index (χ2v) is 6.97. The van der Waals surface area contributed by atoms with E-state index in [1.165, 1.54) is 18.3 Å². The molecule has 0 fully saturated rings. The summed E-state index contributed by atoms with van der Waals surface area (Å²) in [5.74, 6) is -0.438. The molecule has 1 atom stereocenters. The van der Waals surface area contributed by atoms with Crippen LogP contribution in [0.15, 0.2) is 48.0 Å². The van der Waals surface area contributed by atoms with Crippen LogP contribution in [0.3, 0.4) is 0 Å². The lowest BCUT2D eigenvalue weighted by molar-refractivity contribution is -0.120. The van der Waals surface area contributed by atoms with Gasteiger partial charge >= 0.3 is 0 Å². The fraction of sp³-hybridized carbons (Fsp3) is 0.167. The molecule has 2 heterocycles. The zero-order chi connectivity index (χ0) is 18.5. The van der Waals surface area contributed by atoms with Crippen LogP contribution in [0.5, 0.6) is 0 Å². The molecule has 1 aromatic carbocycles. The number of nitrogens with one attached hydrogen (secondary N) is 3. The number of H-pyrrole nitrogens is 1. The Labute approximate surface area is 159 Å². The van der Waals surface area contributed by atoms with E-state index in [0.717, 1.165) is 17.0 Å². The van der Waals surface area contributed by atoms with Crippen molar-refractivity contribution in [2.75, 3.05) is 5.32 Å². The van der Waals surface area contributed by atoms with Crippen LogP contribution in [0.25, 0.3) is 11.4 Å². The van der Waals surface area contributed by atoms with Crippen molar-refractivity contribution in [1.29, 1.82) is 0 Å². The fourth-order valence-electron chi connectivity index (χ4n) is 2.49. The van der Waals surface area contributed by atoms with Crippen LogP contribution in [-0.4, -0.2) is 21.8 Å². The molecule has 6 nitrogen and oxygen atoms in total. The monoisotopic (exact) mass is 388 g/mol. The Morgan fingerprint density at radius 3 is 2.69 bits per heavy atom. The van der Waals surface area contributed by atoms with Gasteiger partial charge in [-0.15, -0.1) is 11.3 Å². The van der Waals surface area contributed by atoms with E-state index in [9.17, 15) is 9.59 Å². The molecule has 0 saturated carbocycles. The molecule has 2 aromatic heterocycles. The second kappa shape index (κ2) is 8.16. The maximum absolute atomic E-state index is 12.4. The number of rotatable bonds is 6. The Bertz CT molecular complexity index is 890. The first-order chi connectivity index (χ1) is 12.5. The molecule has 0 radical (unpaired) electrons. The highest BCUT2D eigenvalue weighted by Crippen LogP contribution is 2.25. The smallest absolute Gasteiger partial charge is 0.228 e. The molecule has 0 aliphatic rings. The topological polar surface area (TPSA) is 86.9 Å². The lowest BCUT2D eigenvalue weighted by atomic mass is 10.0. The minimum atomic E-state index is -0.437. The third-order valence-corrected chi connectivity index (χ3v) is 4.67. The number of amides is 2. The summed E-state index contributed by atoms with van der Waals surface area (Å²) < 4.78 is 0. The maximum atomic E-state index is 12.4. The van der Waals surface area contributed by atoms with Gasteiger partial charge in [0.2, 0.25) is 11.8 Å². The summed E-state index contributed by atoms with van der Waals surface area (Å²) in [5.41, 5.74) is 2.47. The van der Waals surface area contributed by atoms with Gasteiger partial charge in [-0.1, -0.05) is 23.7 Å². The number of hydrogen-bond acceptors (Lipinski definition) is 4. The molecular weight excluding hydrogens is 372 g/mol. The van der Waals surface area contributed by atoms with E-state index in [1.807, 2.05) is 23.7 Å². The Morgan fingerprint density at radius 2 is 2.04 bits per heavy atom. The highest BCUT2D eigenvalue weighted by atomic mass is 35.5. The quantitative estimate of drug-likeness (QED) is 0.596. The molecular formula is C18H17ClN4O2S. The van der Waals surface area contributed by atoms with Crippen LogP contribution in [0.1, 0.15) is 24.9 Å². The van der Waals surface area contributed by atoms with E-state index in [-0.39, 0.29) is 18.2 Å². The van der Waals surface area contributed by atoms with Crippen molar-refractivity contribution in [3.05, 3.63) is 58.6 Å². The number of nitrogens with zero attached hydrogens (tertiary/aromatic N) is 1. The Kier molecular flexibility index (Phi) is 5.70. The normalized spacial score (nSPS) is 11.8. The minimum Gasteiger partial charge on any atom is -0.360 e. The summed E-state index contributed by atoms with van der Waals surface area (Å²) in [6.45, 7) is 1.42. The Balaban J connectivity index is 1.67. The zero-order valence-corrected chi connectivity index (χ0v) is 15.5. The minimum absolute atomic E-state index is 0.0959. The molecule has 3 N–H and O–H groups in total. The van der Waals surface area contributed by atoms with E-state index < -0.39 is 6.04 Å². The molecule has 2 amide bonds. The van der Waals surface area contributed by atoms with Crippen molar-refractivity contribution in [2.24, 2.45) is 0 Å². The number of aromatic nitrogens is 2. The Hall–Kier alpha value is -2.64. The van der Waals surface area contributed by atoms with Gasteiger partial charge in [-0.25, -0.2) is 4.98 Å². The van der Waals surface area contributed by atoms with Gasteiger partial charge < -0.3 is 15.6 Å². The summed E-state index contributed by atoms with van der Waals surface area (Å²) >= 11 is 7.25. The summed E-state index contributed by atoms with van der Waals surface area (Å²) in [4.78, 5) is 31.4. The molecule has 0 aliphatic heterocycles. The fourth-order valence-corrected chi connectivity index (χ4v) is 3.35. The molecule has 3 rings (SSSR count). The molecule has 8 heteroatoms. The largest absolute Gasteiger partial charge is 0.360 e. The lowest BCUT2D eigenvalue weighted by Crippen LogP contribution is -2.29. The van der Waals surface area contributed by atoms with E-state index in [0.29, 0.717) is 10.2 Å². The van der Waals surface area contributed by atoms with Crippen LogP contribution < -0.4 is 10.6 Å². The Morgan fingerprint density at radius 1 is 1.27 bits per heavy atom. The van der Waals surface area contributed by atoms with Crippen LogP contribution in [-0.2, 0) is 9.59 Å². The first-order valence-electron chi connectivity index (χ1n) is 7.93. The van der Waals surface area contributed by atoms with Gasteiger partial charge in [0.25, 0.3) is 0 Å². The summed E-state index contributed by atoms with van der Waals surface area (Å²) in [6, 6.07) is 10.4. The molecule has 3 aromatic rings. The van der Waals surface area contributed by atoms with Crippen molar-refractivity contribution >= 4 is 39.9 Å². The predicted molar refractivity (Wildman–Crippen MR) is 103 cm³/mol. The highest BCUT2D eigenvalue weighted by molar-refractivity contribution is 7.14. The number of benzene rings is 1. The average molecular weight is 389 g/mol. The number of aromatic amines is 1. The van der Waals surface area contributed by atoms with Crippen molar-refractivity contribution in [1.82, 2.24) is 15.3 Å². The molecule has 0 saturated heterocycles. The van der Waals surface area contributed by atoms with E-state index in [2.05, 4.69) is 20.6 Å². The van der Waals surface area contributed by atoms with E-state index in [1.54, 1.807) is 24.3 Å². The van der Waals surface area contributed by atoms with Crippen LogP contribution >= 0.6 is 22.9 Å². The SMILES string of the molecule is CC(=O)N[C@H](CC(=O)Nc1nc(-c2ccc[nH]2)cs1)c1ccc(Cl)cc1. The summed E-state index contributed by atoms with van der Waals surface area (Å²) in [6.07, 6.45) is 1.91. The number of carbonyl (C=O) groups is 2. The van der Waals surface area contributed by atoms with Crippen molar-refractivity contribution < 1.29 is 9.59 Å². The third kappa shape index (κ3) is 4.71. The number of hydrogen-bond donors (Lipinski definition) is 3. The van der Waals surface area contributed by atoms with Gasteiger partial charge in [0, 0.05) is 23.5 Å². The van der Waals surface area contributed by atoms with Crippen molar-refractivity contribution in [3.8, 4) is 11.4 Å². The summed E-state index contributed by atoms with van der Waals surface area (Å²) in [7, 11) is 0. The highest BCUT2D eigenvalue weighted by Gasteiger charge is 2.18. The molecule has 0 spiro atoms. The van der Waals surface area contributed by atoms with E-state index in [4.69, 9.17) is 11.6 Å². The summed E-state index contributed by atoms with van der Waals surface area (Å²) in [5, 5.41) is 8.56. The molecule has 134 valence electrons. The van der Waals surface area contributed by atoms with Gasteiger partial charge in [-0.05, 0) is 29.8 Å². The van der Waals surface area contributed by atoms with Gasteiger partial charge in [0.1, 0.15) is 0 Å². The van der Waals surface area contributed by atoms with Crippen LogP contribution in [0, 0.1) is 0 Å². The van der Waals surface area contributed by atoms with Crippen molar-refractivity contribution in [2.45, 2.75) is 19.4 Å². The van der Waals surface area contributed by atoms with E-state index >= 15 is 0 Å². The number of carbonyl (C=O) groups excluding carboxylic acids is 2. The van der Waals surface area contributed by atoms with Crippen LogP contribution in [0.4, 0.5) is 5.13 Å². The predicted octanol–water partition coefficient (Wildman–Crippen LogP) is 4.00. The van der Waals surface area contributed by atoms with Crippen molar-refractivity contribution in [3.63, 3.8) is 0 Å². The number of anilines is 1. The molecule has 26 heavy (non-hydrogen) atoms.